The van der Waals surface area contributed by atoms with Crippen LogP contribution < -0.4 is 24.8 Å². The topological polar surface area (TPSA) is 115 Å². The Bertz CT molecular complexity index is 1250. The Morgan fingerprint density at radius 2 is 1.73 bits per heavy atom. The predicted molar refractivity (Wildman–Crippen MR) is 135 cm³/mol. The van der Waals surface area contributed by atoms with Gasteiger partial charge in [-0.3, -0.25) is 14.7 Å². The van der Waals surface area contributed by atoms with Crippen molar-refractivity contribution in [1.82, 2.24) is 10.2 Å². The summed E-state index contributed by atoms with van der Waals surface area (Å²) >= 11 is 0. The smallest absolute Gasteiger partial charge is 0.278 e. The van der Waals surface area contributed by atoms with Gasteiger partial charge >= 0.3 is 0 Å². The molecule has 196 valence electrons. The average molecular weight is 515 g/mol. The highest BCUT2D eigenvalue weighted by atomic mass is 19.3. The van der Waals surface area contributed by atoms with E-state index in [2.05, 4.69) is 27.4 Å². The zero-order valence-corrected chi connectivity index (χ0v) is 20.7. The van der Waals surface area contributed by atoms with Crippen molar-refractivity contribution in [3.8, 4) is 17.2 Å². The summed E-state index contributed by atoms with van der Waals surface area (Å²) < 4.78 is 42.0. The molecule has 3 aromatic rings. The molecular weight excluding hydrogens is 486 g/mol. The zero-order chi connectivity index (χ0) is 27.0. The summed E-state index contributed by atoms with van der Waals surface area (Å²) in [5.74, 6) is -2.48. The molecule has 0 saturated heterocycles. The highest BCUT2D eigenvalue weighted by molar-refractivity contribution is 6.11. The summed E-state index contributed by atoms with van der Waals surface area (Å²) in [5.41, 5.74) is 1.93. The first kappa shape index (κ1) is 27.2. The molecule has 1 aromatic heterocycles. The van der Waals surface area contributed by atoms with Gasteiger partial charge in [0, 0.05) is 30.8 Å². The number of carbonyl (C=O) groups is 2. The third kappa shape index (κ3) is 8.06. The number of nitrogens with one attached hydrogen (secondary N) is 3. The van der Waals surface area contributed by atoms with Gasteiger partial charge in [0.1, 0.15) is 17.2 Å². The van der Waals surface area contributed by atoms with Gasteiger partial charge in [-0.25, -0.2) is 8.78 Å². The highest BCUT2D eigenvalue weighted by Gasteiger charge is 2.23. The van der Waals surface area contributed by atoms with E-state index in [1.807, 2.05) is 12.1 Å². The van der Waals surface area contributed by atoms with Crippen molar-refractivity contribution in [1.29, 1.82) is 0 Å². The molecule has 0 radical (unpaired) electrons. The number of carbonyl (C=O) groups excluding carboxylic acids is 2. The lowest BCUT2D eigenvalue weighted by Crippen LogP contribution is -2.21. The Balaban J connectivity index is 1.70. The number of aromatic amines is 1. The van der Waals surface area contributed by atoms with Crippen LogP contribution in [-0.4, -0.2) is 48.8 Å². The number of hydrogen-bond donors (Lipinski definition) is 3. The molecule has 2 amide bonds. The Hall–Kier alpha value is -4.41. The molecule has 0 bridgehead atoms. The number of halogens is 2. The second-order valence-corrected chi connectivity index (χ2v) is 8.21. The predicted octanol–water partition coefficient (Wildman–Crippen LogP) is 4.62. The van der Waals surface area contributed by atoms with E-state index in [-0.39, 0.29) is 22.8 Å². The number of aromatic nitrogens is 2. The van der Waals surface area contributed by atoms with Crippen LogP contribution in [0.5, 0.6) is 17.2 Å². The molecule has 0 aliphatic carbocycles. The van der Waals surface area contributed by atoms with Crippen LogP contribution in [0.15, 0.2) is 55.1 Å². The number of alkyl halides is 2. The van der Waals surface area contributed by atoms with E-state index in [0.717, 1.165) is 24.3 Å². The van der Waals surface area contributed by atoms with E-state index in [1.165, 1.54) is 18.2 Å². The fourth-order valence-electron chi connectivity index (χ4n) is 3.34. The normalized spacial score (nSPS) is 10.9. The van der Waals surface area contributed by atoms with Crippen LogP contribution in [0.2, 0.25) is 0 Å². The van der Waals surface area contributed by atoms with Gasteiger partial charge in [0.25, 0.3) is 11.8 Å². The van der Waals surface area contributed by atoms with Gasteiger partial charge < -0.3 is 24.8 Å². The molecule has 0 aliphatic heterocycles. The summed E-state index contributed by atoms with van der Waals surface area (Å²) in [5, 5.41) is 12.2. The van der Waals surface area contributed by atoms with Gasteiger partial charge in [-0.05, 0) is 48.7 Å². The number of anilines is 2. The maximum Gasteiger partial charge on any atom is 0.278 e. The highest BCUT2D eigenvalue weighted by Crippen LogP contribution is 2.26. The van der Waals surface area contributed by atoms with E-state index in [9.17, 15) is 18.4 Å². The van der Waals surface area contributed by atoms with Crippen LogP contribution in [0.4, 0.5) is 20.3 Å². The summed E-state index contributed by atoms with van der Waals surface area (Å²) in [6, 6.07) is 11.3. The first-order valence-electron chi connectivity index (χ1n) is 11.3. The first-order chi connectivity index (χ1) is 17.6. The lowest BCUT2D eigenvalue weighted by Gasteiger charge is -2.15. The second-order valence-electron chi connectivity index (χ2n) is 8.21. The van der Waals surface area contributed by atoms with Gasteiger partial charge in [-0.2, -0.15) is 5.10 Å². The van der Waals surface area contributed by atoms with E-state index in [4.69, 9.17) is 14.2 Å². The summed E-state index contributed by atoms with van der Waals surface area (Å²) in [6.07, 6.45) is 2.29. The number of rotatable bonds is 12. The monoisotopic (exact) mass is 514 g/mol. The number of hydrogen-bond acceptors (Lipinski definition) is 6. The van der Waals surface area contributed by atoms with Gasteiger partial charge in [0.15, 0.2) is 12.4 Å². The molecule has 0 fully saturated rings. The number of nitrogens with zero attached hydrogens (tertiary/aromatic N) is 1. The lowest BCUT2D eigenvalue weighted by molar-refractivity contribution is -0.111. The molecule has 2 aromatic carbocycles. The quantitative estimate of drug-likeness (QED) is 0.304. The molecule has 0 unspecified atom stereocenters. The lowest BCUT2D eigenvalue weighted by atomic mass is 10.1. The summed E-state index contributed by atoms with van der Waals surface area (Å²) in [4.78, 5) is 24.8. The standard InChI is InChI=1S/C26H28F2N4O5/c1-5-24(33)29-22-14-18(37-15-26(2,27)28)8-9-21(22)25(34)30-23-12-17(31-32-23)7-6-16-10-19(35-3)13-20(11-16)36-4/h5,8-14H,1,6-7,15H2,2-4H3,(H,29,33)(H2,30,31,32,34). The first-order valence-corrected chi connectivity index (χ1v) is 11.3. The van der Waals surface area contributed by atoms with Crippen molar-refractivity contribution in [2.45, 2.75) is 25.7 Å². The molecule has 9 nitrogen and oxygen atoms in total. The van der Waals surface area contributed by atoms with E-state index in [0.29, 0.717) is 24.3 Å². The van der Waals surface area contributed by atoms with Crippen LogP contribution in [0.25, 0.3) is 0 Å². The minimum atomic E-state index is -3.04. The van der Waals surface area contributed by atoms with Gasteiger partial charge in [0.2, 0.25) is 5.91 Å². The number of benzene rings is 2. The number of H-pyrrole nitrogens is 1. The molecule has 0 atom stereocenters. The van der Waals surface area contributed by atoms with Crippen molar-refractivity contribution in [3.63, 3.8) is 0 Å². The van der Waals surface area contributed by atoms with Crippen LogP contribution >= 0.6 is 0 Å². The Morgan fingerprint density at radius 1 is 1.03 bits per heavy atom. The van der Waals surface area contributed by atoms with Crippen molar-refractivity contribution < 1.29 is 32.6 Å². The molecule has 37 heavy (non-hydrogen) atoms. The number of amides is 2. The third-order valence-corrected chi connectivity index (χ3v) is 5.14. The molecular formula is C26H28F2N4O5. The summed E-state index contributed by atoms with van der Waals surface area (Å²) in [7, 11) is 3.17. The Labute approximate surface area is 212 Å². The van der Waals surface area contributed by atoms with Crippen molar-refractivity contribution in [2.24, 2.45) is 0 Å². The molecule has 11 heteroatoms. The molecule has 3 rings (SSSR count). The number of methoxy groups -OCH3 is 2. The largest absolute Gasteiger partial charge is 0.497 e. The van der Waals surface area contributed by atoms with Gasteiger partial charge in [-0.1, -0.05) is 6.58 Å². The van der Waals surface area contributed by atoms with Crippen LogP contribution in [0.1, 0.15) is 28.5 Å². The molecule has 0 aliphatic rings. The average Bonchev–Trinajstić information content (AvgIpc) is 3.32. The van der Waals surface area contributed by atoms with E-state index < -0.39 is 24.3 Å². The molecule has 0 saturated carbocycles. The second kappa shape index (κ2) is 12.0. The Kier molecular flexibility index (Phi) is 8.83. The van der Waals surface area contributed by atoms with Crippen molar-refractivity contribution >= 4 is 23.3 Å². The summed E-state index contributed by atoms with van der Waals surface area (Å²) in [6.45, 7) is 3.25. The minimum Gasteiger partial charge on any atom is -0.497 e. The van der Waals surface area contributed by atoms with Crippen molar-refractivity contribution in [2.75, 3.05) is 31.5 Å². The van der Waals surface area contributed by atoms with Gasteiger partial charge in [-0.15, -0.1) is 0 Å². The number of ether oxygens (including phenoxy) is 3. The van der Waals surface area contributed by atoms with E-state index >= 15 is 0 Å². The van der Waals surface area contributed by atoms with Crippen molar-refractivity contribution in [3.05, 3.63) is 71.9 Å². The maximum absolute atomic E-state index is 13.2. The van der Waals surface area contributed by atoms with Crippen LogP contribution in [0.3, 0.4) is 0 Å². The minimum absolute atomic E-state index is 0.0636. The number of aryl methyl sites for hydroxylation is 2. The molecule has 3 N–H and O–H groups in total. The molecule has 0 spiro atoms. The third-order valence-electron chi connectivity index (χ3n) is 5.14. The maximum atomic E-state index is 13.2. The fourth-order valence-corrected chi connectivity index (χ4v) is 3.34. The van der Waals surface area contributed by atoms with E-state index in [1.54, 1.807) is 26.4 Å². The van der Waals surface area contributed by atoms with Crippen LogP contribution in [0, 0.1) is 0 Å². The SMILES string of the molecule is C=CC(=O)Nc1cc(OCC(C)(F)F)ccc1C(=O)Nc1cc(CCc2cc(OC)cc(OC)c2)[nH]n1. The molecule has 1 heterocycles. The zero-order valence-electron chi connectivity index (χ0n) is 20.7. The fraction of sp³-hybridized carbons (Fsp3) is 0.269. The Morgan fingerprint density at radius 3 is 2.35 bits per heavy atom. The van der Waals surface area contributed by atoms with Gasteiger partial charge in [0.05, 0.1) is 25.5 Å². The van der Waals surface area contributed by atoms with Crippen LogP contribution in [-0.2, 0) is 17.6 Å².